The average molecular weight is 364 g/mol. The normalized spacial score (nSPS) is 17.2. The zero-order chi connectivity index (χ0) is 18.8. The van der Waals surface area contributed by atoms with E-state index in [2.05, 4.69) is 19.8 Å². The molecule has 1 fully saturated rings. The smallest absolute Gasteiger partial charge is 0.325 e. The van der Waals surface area contributed by atoms with Crippen LogP contribution in [0.5, 0.6) is 0 Å². The maximum atomic E-state index is 12.2. The predicted octanol–water partition coefficient (Wildman–Crippen LogP) is 2.81. The van der Waals surface area contributed by atoms with E-state index in [1.54, 1.807) is 0 Å². The van der Waals surface area contributed by atoms with E-state index in [9.17, 15) is 9.90 Å². The molecule has 1 atom stereocenters. The maximum Gasteiger partial charge on any atom is 0.325 e. The van der Waals surface area contributed by atoms with Crippen LogP contribution < -0.4 is 0 Å². The zero-order valence-corrected chi connectivity index (χ0v) is 15.4. The Bertz CT molecular complexity index is 930. The van der Waals surface area contributed by atoms with Gasteiger partial charge in [0.15, 0.2) is 0 Å². The monoisotopic (exact) mass is 364 g/mol. The van der Waals surface area contributed by atoms with Crippen molar-refractivity contribution in [2.45, 2.75) is 19.5 Å². The van der Waals surface area contributed by atoms with Crippen molar-refractivity contribution in [3.8, 4) is 0 Å². The van der Waals surface area contributed by atoms with Gasteiger partial charge in [-0.1, -0.05) is 24.3 Å². The third kappa shape index (κ3) is 3.59. The van der Waals surface area contributed by atoms with E-state index in [1.807, 2.05) is 55.6 Å². The summed E-state index contributed by atoms with van der Waals surface area (Å²) < 4.78 is 0. The van der Waals surface area contributed by atoms with Gasteiger partial charge in [0.1, 0.15) is 6.04 Å². The first-order valence-corrected chi connectivity index (χ1v) is 9.30. The number of carbonyl (C=O) groups is 1. The molecule has 27 heavy (non-hydrogen) atoms. The van der Waals surface area contributed by atoms with Crippen LogP contribution in [0.25, 0.3) is 10.9 Å². The van der Waals surface area contributed by atoms with Crippen LogP contribution in [0.1, 0.15) is 23.0 Å². The number of fused-ring (bicyclic) bond motifs is 1. The standard InChI is InChI=1S/C21H24N4O2/c1-15-19(17-7-2-3-8-18(17)23-15)20(21(26)27)25-12-10-24(11-13-25)14-16-6-4-5-9-22-16/h2-9,20,23H,10-14H2,1H3,(H,26,27)/t20-/m1/s1. The van der Waals surface area contributed by atoms with Gasteiger partial charge in [-0.3, -0.25) is 19.6 Å². The summed E-state index contributed by atoms with van der Waals surface area (Å²) in [6, 6.07) is 13.2. The minimum absolute atomic E-state index is 0.627. The van der Waals surface area contributed by atoms with E-state index >= 15 is 0 Å². The number of benzene rings is 1. The lowest BCUT2D eigenvalue weighted by atomic mass is 10.0. The van der Waals surface area contributed by atoms with Crippen LogP contribution in [-0.4, -0.2) is 57.0 Å². The molecular weight excluding hydrogens is 340 g/mol. The highest BCUT2D eigenvalue weighted by Crippen LogP contribution is 2.32. The number of carboxylic acid groups (broad SMARTS) is 1. The van der Waals surface area contributed by atoms with Crippen molar-refractivity contribution >= 4 is 16.9 Å². The number of aryl methyl sites for hydroxylation is 1. The molecule has 2 N–H and O–H groups in total. The Balaban J connectivity index is 1.52. The molecule has 1 aliphatic heterocycles. The predicted molar refractivity (Wildman–Crippen MR) is 104 cm³/mol. The average Bonchev–Trinajstić information content (AvgIpc) is 3.00. The van der Waals surface area contributed by atoms with E-state index in [4.69, 9.17) is 0 Å². The Morgan fingerprint density at radius 2 is 1.89 bits per heavy atom. The fourth-order valence-corrected chi connectivity index (χ4v) is 4.01. The fourth-order valence-electron chi connectivity index (χ4n) is 4.01. The van der Waals surface area contributed by atoms with E-state index in [0.717, 1.165) is 60.6 Å². The highest BCUT2D eigenvalue weighted by molar-refractivity contribution is 5.90. The molecule has 3 aromatic rings. The molecule has 0 aliphatic carbocycles. The number of nitrogens with one attached hydrogen (secondary N) is 1. The number of H-pyrrole nitrogens is 1. The van der Waals surface area contributed by atoms with E-state index in [-0.39, 0.29) is 0 Å². The Kier molecular flexibility index (Phi) is 4.92. The van der Waals surface area contributed by atoms with Gasteiger partial charge in [0.05, 0.1) is 5.69 Å². The maximum absolute atomic E-state index is 12.2. The number of carboxylic acids is 1. The van der Waals surface area contributed by atoms with Crippen LogP contribution in [0.4, 0.5) is 0 Å². The SMILES string of the molecule is Cc1[nH]c2ccccc2c1[C@H](C(=O)O)N1CCN(Cc2ccccn2)CC1. The molecule has 4 rings (SSSR count). The van der Waals surface area contributed by atoms with Gasteiger partial charge in [-0.15, -0.1) is 0 Å². The second-order valence-electron chi connectivity index (χ2n) is 7.08. The lowest BCUT2D eigenvalue weighted by Crippen LogP contribution is -2.49. The molecule has 1 saturated heterocycles. The number of aromatic amines is 1. The van der Waals surface area contributed by atoms with Crippen molar-refractivity contribution in [2.24, 2.45) is 0 Å². The summed E-state index contributed by atoms with van der Waals surface area (Å²) in [7, 11) is 0. The van der Waals surface area contributed by atoms with Gasteiger partial charge in [-0.2, -0.15) is 0 Å². The molecule has 0 spiro atoms. The fraction of sp³-hybridized carbons (Fsp3) is 0.333. The summed E-state index contributed by atoms with van der Waals surface area (Å²) in [6.45, 7) is 5.89. The number of piperazine rings is 1. The van der Waals surface area contributed by atoms with Crippen molar-refractivity contribution in [3.63, 3.8) is 0 Å². The van der Waals surface area contributed by atoms with E-state index < -0.39 is 12.0 Å². The Labute approximate surface area is 158 Å². The van der Waals surface area contributed by atoms with Gasteiger partial charge in [-0.05, 0) is 25.1 Å². The van der Waals surface area contributed by atoms with Crippen LogP contribution >= 0.6 is 0 Å². The molecule has 3 heterocycles. The number of aliphatic carboxylic acids is 1. The van der Waals surface area contributed by atoms with Crippen molar-refractivity contribution in [1.29, 1.82) is 0 Å². The first-order valence-electron chi connectivity index (χ1n) is 9.30. The summed E-state index contributed by atoms with van der Waals surface area (Å²) in [5.74, 6) is -0.791. The Hall–Kier alpha value is -2.70. The number of aromatic nitrogens is 2. The quantitative estimate of drug-likeness (QED) is 0.728. The van der Waals surface area contributed by atoms with Gasteiger partial charge < -0.3 is 10.1 Å². The summed E-state index contributed by atoms with van der Waals surface area (Å²) in [5.41, 5.74) is 3.86. The summed E-state index contributed by atoms with van der Waals surface area (Å²) in [6.07, 6.45) is 1.81. The van der Waals surface area contributed by atoms with Crippen molar-refractivity contribution in [3.05, 3.63) is 65.6 Å². The van der Waals surface area contributed by atoms with Crippen LogP contribution in [-0.2, 0) is 11.3 Å². The van der Waals surface area contributed by atoms with Crippen molar-refractivity contribution in [2.75, 3.05) is 26.2 Å². The van der Waals surface area contributed by atoms with Crippen LogP contribution in [0.3, 0.4) is 0 Å². The molecule has 0 unspecified atom stereocenters. The minimum Gasteiger partial charge on any atom is -0.480 e. The van der Waals surface area contributed by atoms with Gasteiger partial charge in [0, 0.05) is 61.1 Å². The van der Waals surface area contributed by atoms with Crippen LogP contribution in [0.2, 0.25) is 0 Å². The molecule has 0 saturated carbocycles. The van der Waals surface area contributed by atoms with Crippen LogP contribution in [0.15, 0.2) is 48.7 Å². The largest absolute Gasteiger partial charge is 0.480 e. The molecule has 6 heteroatoms. The third-order valence-electron chi connectivity index (χ3n) is 5.33. The molecule has 0 radical (unpaired) electrons. The Morgan fingerprint density at radius 3 is 2.59 bits per heavy atom. The number of nitrogens with zero attached hydrogens (tertiary/aromatic N) is 3. The molecular formula is C21H24N4O2. The minimum atomic E-state index is -0.791. The van der Waals surface area contributed by atoms with Crippen molar-refractivity contribution < 1.29 is 9.90 Å². The second kappa shape index (κ2) is 7.50. The third-order valence-corrected chi connectivity index (χ3v) is 5.33. The van der Waals surface area contributed by atoms with Crippen LogP contribution in [0, 0.1) is 6.92 Å². The van der Waals surface area contributed by atoms with E-state index in [0.29, 0.717) is 0 Å². The summed E-state index contributed by atoms with van der Waals surface area (Å²) >= 11 is 0. The first-order chi connectivity index (χ1) is 13.1. The number of rotatable bonds is 5. The summed E-state index contributed by atoms with van der Waals surface area (Å²) in [4.78, 5) is 24.3. The number of hydrogen-bond donors (Lipinski definition) is 2. The van der Waals surface area contributed by atoms with Gasteiger partial charge in [0.2, 0.25) is 0 Å². The van der Waals surface area contributed by atoms with Gasteiger partial charge in [-0.25, -0.2) is 0 Å². The van der Waals surface area contributed by atoms with Gasteiger partial charge >= 0.3 is 5.97 Å². The molecule has 1 aromatic carbocycles. The van der Waals surface area contributed by atoms with Crippen molar-refractivity contribution in [1.82, 2.24) is 19.8 Å². The molecule has 0 amide bonds. The highest BCUT2D eigenvalue weighted by atomic mass is 16.4. The molecule has 2 aromatic heterocycles. The highest BCUT2D eigenvalue weighted by Gasteiger charge is 2.33. The number of para-hydroxylation sites is 1. The molecule has 0 bridgehead atoms. The number of hydrogen-bond acceptors (Lipinski definition) is 4. The summed E-state index contributed by atoms with van der Waals surface area (Å²) in [5, 5.41) is 11.0. The molecule has 6 nitrogen and oxygen atoms in total. The topological polar surface area (TPSA) is 72.5 Å². The lowest BCUT2D eigenvalue weighted by molar-refractivity contribution is -0.144. The molecule has 140 valence electrons. The second-order valence-corrected chi connectivity index (χ2v) is 7.08. The Morgan fingerprint density at radius 1 is 1.15 bits per heavy atom. The van der Waals surface area contributed by atoms with E-state index in [1.165, 1.54) is 0 Å². The molecule has 1 aliphatic rings. The first kappa shape index (κ1) is 17.7. The zero-order valence-electron chi connectivity index (χ0n) is 15.4. The lowest BCUT2D eigenvalue weighted by Gasteiger charge is -2.37. The number of pyridine rings is 1. The van der Waals surface area contributed by atoms with Gasteiger partial charge in [0.25, 0.3) is 0 Å².